The molecule has 0 saturated heterocycles. The summed E-state index contributed by atoms with van der Waals surface area (Å²) in [6.07, 6.45) is 11.7. The van der Waals surface area contributed by atoms with Gasteiger partial charge >= 0.3 is 0 Å². The van der Waals surface area contributed by atoms with Crippen molar-refractivity contribution in [3.63, 3.8) is 0 Å². The third-order valence-corrected chi connectivity index (χ3v) is 3.83. The molecule has 1 heterocycles. The molecule has 0 spiro atoms. The molecule has 1 aromatic heterocycles. The predicted octanol–water partition coefficient (Wildman–Crippen LogP) is 2.21. The van der Waals surface area contributed by atoms with Crippen molar-refractivity contribution in [2.45, 2.75) is 57.8 Å². The molecule has 0 aromatic carbocycles. The quantitative estimate of drug-likeness (QED) is 0.611. The minimum atomic E-state index is 0.212. The smallest absolute Gasteiger partial charge is 0.220 e. The summed E-state index contributed by atoms with van der Waals surface area (Å²) in [4.78, 5) is 15.9. The monoisotopic (exact) mass is 264 g/mol. The van der Waals surface area contributed by atoms with Gasteiger partial charge in [0.25, 0.3) is 0 Å². The number of aromatic nitrogens is 3. The molecular formula is C14H24N4O. The number of aromatic amines is 1. The van der Waals surface area contributed by atoms with E-state index in [-0.39, 0.29) is 5.91 Å². The van der Waals surface area contributed by atoms with Crippen LogP contribution in [0.5, 0.6) is 0 Å². The van der Waals surface area contributed by atoms with Crippen LogP contribution < -0.4 is 5.32 Å². The lowest BCUT2D eigenvalue weighted by Gasteiger charge is -2.13. The second kappa shape index (κ2) is 7.92. The van der Waals surface area contributed by atoms with E-state index < -0.39 is 0 Å². The maximum atomic E-state index is 11.8. The average molecular weight is 264 g/mol. The van der Waals surface area contributed by atoms with E-state index in [0.29, 0.717) is 12.3 Å². The molecule has 0 unspecified atom stereocenters. The number of nitrogens with zero attached hydrogens (tertiary/aromatic N) is 2. The van der Waals surface area contributed by atoms with E-state index in [1.165, 1.54) is 44.9 Å². The van der Waals surface area contributed by atoms with Crippen molar-refractivity contribution in [3.8, 4) is 0 Å². The second-order valence-electron chi connectivity index (χ2n) is 5.45. The fraction of sp³-hybridized carbons (Fsp3) is 0.786. The molecule has 1 aromatic rings. The van der Waals surface area contributed by atoms with Crippen LogP contribution in [0.1, 0.15) is 57.2 Å². The summed E-state index contributed by atoms with van der Waals surface area (Å²) in [7, 11) is 0. The summed E-state index contributed by atoms with van der Waals surface area (Å²) < 4.78 is 0. The molecule has 1 aliphatic rings. The van der Waals surface area contributed by atoms with Crippen molar-refractivity contribution in [3.05, 3.63) is 12.2 Å². The van der Waals surface area contributed by atoms with Gasteiger partial charge < -0.3 is 5.32 Å². The van der Waals surface area contributed by atoms with E-state index in [0.717, 1.165) is 25.2 Å². The Morgan fingerprint density at radius 3 is 2.79 bits per heavy atom. The highest BCUT2D eigenvalue weighted by atomic mass is 16.1. The highest BCUT2D eigenvalue weighted by Gasteiger charge is 2.15. The van der Waals surface area contributed by atoms with Gasteiger partial charge in [-0.05, 0) is 25.2 Å². The molecule has 2 rings (SSSR count). The zero-order valence-corrected chi connectivity index (χ0v) is 11.5. The number of carbonyl (C=O) groups is 1. The summed E-state index contributed by atoms with van der Waals surface area (Å²) in [5.41, 5.74) is 0. The van der Waals surface area contributed by atoms with Crippen molar-refractivity contribution in [1.29, 1.82) is 0 Å². The first-order valence-electron chi connectivity index (χ1n) is 7.45. The van der Waals surface area contributed by atoms with Crippen molar-refractivity contribution in [1.82, 2.24) is 20.5 Å². The highest BCUT2D eigenvalue weighted by Crippen LogP contribution is 2.25. The fourth-order valence-corrected chi connectivity index (χ4v) is 2.74. The Labute approximate surface area is 114 Å². The average Bonchev–Trinajstić information content (AvgIpc) is 2.79. The molecule has 1 saturated carbocycles. The molecule has 2 N–H and O–H groups in total. The lowest BCUT2D eigenvalue weighted by Crippen LogP contribution is -2.26. The SMILES string of the molecule is O=C(CC1CCCCCC1)NCCCc1ncn[nH]1. The number of hydrogen-bond acceptors (Lipinski definition) is 3. The zero-order valence-electron chi connectivity index (χ0n) is 11.5. The molecule has 5 heteroatoms. The minimum absolute atomic E-state index is 0.212. The van der Waals surface area contributed by atoms with Gasteiger partial charge in [0.2, 0.25) is 5.91 Å². The number of aryl methyl sites for hydroxylation is 1. The third-order valence-electron chi connectivity index (χ3n) is 3.83. The lowest BCUT2D eigenvalue weighted by atomic mass is 9.96. The molecule has 0 bridgehead atoms. The molecule has 1 amide bonds. The van der Waals surface area contributed by atoms with Crippen molar-refractivity contribution in [2.75, 3.05) is 6.54 Å². The van der Waals surface area contributed by atoms with E-state index in [4.69, 9.17) is 0 Å². The van der Waals surface area contributed by atoms with Gasteiger partial charge in [-0.2, -0.15) is 5.10 Å². The Bertz CT molecular complexity index is 356. The number of hydrogen-bond donors (Lipinski definition) is 2. The normalized spacial score (nSPS) is 17.1. The maximum absolute atomic E-state index is 11.8. The van der Waals surface area contributed by atoms with Crippen LogP contribution in [0.15, 0.2) is 6.33 Å². The van der Waals surface area contributed by atoms with E-state index in [1.807, 2.05) is 0 Å². The van der Waals surface area contributed by atoms with Crippen LogP contribution in [0.25, 0.3) is 0 Å². The van der Waals surface area contributed by atoms with Gasteiger partial charge in [-0.1, -0.05) is 25.7 Å². The standard InChI is InChI=1S/C14H24N4O/c19-14(10-12-6-3-1-2-4-7-12)15-9-5-8-13-16-11-17-18-13/h11-12H,1-10H2,(H,15,19)(H,16,17,18). The van der Waals surface area contributed by atoms with Crippen LogP contribution in [0.4, 0.5) is 0 Å². The Morgan fingerprint density at radius 1 is 1.32 bits per heavy atom. The van der Waals surface area contributed by atoms with E-state index >= 15 is 0 Å². The van der Waals surface area contributed by atoms with Gasteiger partial charge in [0.1, 0.15) is 12.2 Å². The number of rotatable bonds is 6. The maximum Gasteiger partial charge on any atom is 0.220 e. The highest BCUT2D eigenvalue weighted by molar-refractivity contribution is 5.76. The molecule has 0 aliphatic heterocycles. The Morgan fingerprint density at radius 2 is 2.11 bits per heavy atom. The Balaban J connectivity index is 1.56. The van der Waals surface area contributed by atoms with Crippen molar-refractivity contribution < 1.29 is 4.79 Å². The molecule has 5 nitrogen and oxygen atoms in total. The van der Waals surface area contributed by atoms with Crippen molar-refractivity contribution >= 4 is 5.91 Å². The second-order valence-corrected chi connectivity index (χ2v) is 5.45. The zero-order chi connectivity index (χ0) is 13.3. The Kier molecular flexibility index (Phi) is 5.85. The van der Waals surface area contributed by atoms with E-state index in [2.05, 4.69) is 20.5 Å². The predicted molar refractivity (Wildman–Crippen MR) is 73.5 cm³/mol. The van der Waals surface area contributed by atoms with Crippen LogP contribution >= 0.6 is 0 Å². The van der Waals surface area contributed by atoms with Crippen LogP contribution in [-0.4, -0.2) is 27.6 Å². The third kappa shape index (κ3) is 5.41. The summed E-state index contributed by atoms with van der Waals surface area (Å²) in [6.45, 7) is 0.728. The lowest BCUT2D eigenvalue weighted by molar-refractivity contribution is -0.122. The molecule has 0 radical (unpaired) electrons. The Hall–Kier alpha value is -1.39. The number of H-pyrrole nitrogens is 1. The van der Waals surface area contributed by atoms with Gasteiger partial charge in [-0.3, -0.25) is 9.89 Å². The van der Waals surface area contributed by atoms with Crippen LogP contribution in [-0.2, 0) is 11.2 Å². The van der Waals surface area contributed by atoms with Gasteiger partial charge in [0, 0.05) is 19.4 Å². The fourth-order valence-electron chi connectivity index (χ4n) is 2.74. The van der Waals surface area contributed by atoms with Gasteiger partial charge in [-0.15, -0.1) is 0 Å². The van der Waals surface area contributed by atoms with Gasteiger partial charge in [0.05, 0.1) is 0 Å². The first-order valence-corrected chi connectivity index (χ1v) is 7.45. The number of carbonyl (C=O) groups excluding carboxylic acids is 1. The van der Waals surface area contributed by atoms with E-state index in [9.17, 15) is 4.79 Å². The molecule has 0 atom stereocenters. The molecular weight excluding hydrogens is 240 g/mol. The summed E-state index contributed by atoms with van der Waals surface area (Å²) in [5, 5.41) is 9.63. The van der Waals surface area contributed by atoms with Crippen LogP contribution in [0.3, 0.4) is 0 Å². The van der Waals surface area contributed by atoms with Crippen LogP contribution in [0, 0.1) is 5.92 Å². The first-order chi connectivity index (χ1) is 9.34. The molecule has 1 fully saturated rings. The summed E-state index contributed by atoms with van der Waals surface area (Å²) in [6, 6.07) is 0. The summed E-state index contributed by atoms with van der Waals surface area (Å²) >= 11 is 0. The van der Waals surface area contributed by atoms with Crippen LogP contribution in [0.2, 0.25) is 0 Å². The minimum Gasteiger partial charge on any atom is -0.356 e. The largest absolute Gasteiger partial charge is 0.356 e. The van der Waals surface area contributed by atoms with Crippen molar-refractivity contribution in [2.24, 2.45) is 5.92 Å². The topological polar surface area (TPSA) is 70.7 Å². The van der Waals surface area contributed by atoms with Gasteiger partial charge in [0.15, 0.2) is 0 Å². The number of nitrogens with one attached hydrogen (secondary N) is 2. The van der Waals surface area contributed by atoms with E-state index in [1.54, 1.807) is 0 Å². The molecule has 19 heavy (non-hydrogen) atoms. The molecule has 1 aliphatic carbocycles. The van der Waals surface area contributed by atoms with Gasteiger partial charge in [-0.25, -0.2) is 4.98 Å². The summed E-state index contributed by atoms with van der Waals surface area (Å²) in [5.74, 6) is 1.71. The first kappa shape index (κ1) is 14.0. The number of amides is 1. The molecule has 106 valence electrons.